The Morgan fingerprint density at radius 1 is 1.15 bits per heavy atom. The van der Waals surface area contributed by atoms with Crippen molar-refractivity contribution in [2.45, 2.75) is 64.5 Å². The largest absolute Gasteiger partial charge is 0.480 e. The van der Waals surface area contributed by atoms with E-state index in [1.165, 1.54) is 11.3 Å². The van der Waals surface area contributed by atoms with Crippen molar-refractivity contribution in [3.05, 3.63) is 0 Å². The number of aliphatic carboxylic acids is 1. The molecule has 1 aliphatic carbocycles. The number of hydrogen-bond donors (Lipinski definition) is 1. The van der Waals surface area contributed by atoms with E-state index in [1.54, 1.807) is 20.8 Å². The van der Waals surface area contributed by atoms with Gasteiger partial charge in [-0.15, -0.1) is 0 Å². The second-order valence-corrected chi connectivity index (χ2v) is 6.95. The summed E-state index contributed by atoms with van der Waals surface area (Å²) in [5.74, 6) is -0.362. The Morgan fingerprint density at radius 3 is 2.40 bits per heavy atom. The molecule has 5 heteroatoms. The number of carbonyl (C=O) groups excluding carboxylic acids is 1. The van der Waals surface area contributed by atoms with Crippen molar-refractivity contribution in [3.8, 4) is 0 Å². The fourth-order valence-electron chi connectivity index (χ4n) is 3.53. The predicted octanol–water partition coefficient (Wildman–Crippen LogP) is 2.89. The minimum Gasteiger partial charge on any atom is -0.480 e. The molecule has 0 aromatic rings. The number of amides is 1. The summed E-state index contributed by atoms with van der Waals surface area (Å²) < 4.78 is 5.36. The zero-order chi connectivity index (χ0) is 14.9. The van der Waals surface area contributed by atoms with E-state index in [0.717, 1.165) is 25.7 Å². The van der Waals surface area contributed by atoms with Crippen molar-refractivity contribution in [1.82, 2.24) is 4.90 Å². The molecule has 1 amide bonds. The van der Waals surface area contributed by atoms with Gasteiger partial charge in [0.15, 0.2) is 0 Å². The summed E-state index contributed by atoms with van der Waals surface area (Å²) in [6.45, 7) is 5.89. The SMILES string of the molecule is CC(C)(C)OC(=O)N1CCC2CCCCC2C1C(=O)O. The molecule has 5 nitrogen and oxygen atoms in total. The van der Waals surface area contributed by atoms with E-state index in [9.17, 15) is 14.7 Å². The van der Waals surface area contributed by atoms with E-state index in [2.05, 4.69) is 0 Å². The number of carboxylic acids is 1. The van der Waals surface area contributed by atoms with Crippen molar-refractivity contribution >= 4 is 12.1 Å². The van der Waals surface area contributed by atoms with Crippen LogP contribution in [0.15, 0.2) is 0 Å². The van der Waals surface area contributed by atoms with Crippen LogP contribution >= 0.6 is 0 Å². The van der Waals surface area contributed by atoms with Gasteiger partial charge in [0.1, 0.15) is 11.6 Å². The Kier molecular flexibility index (Phi) is 4.25. The quantitative estimate of drug-likeness (QED) is 0.803. The summed E-state index contributed by atoms with van der Waals surface area (Å²) in [4.78, 5) is 25.3. The van der Waals surface area contributed by atoms with E-state index >= 15 is 0 Å². The second kappa shape index (κ2) is 5.62. The first-order valence-electron chi connectivity index (χ1n) is 7.52. The average Bonchev–Trinajstić information content (AvgIpc) is 2.35. The molecule has 0 aromatic carbocycles. The van der Waals surface area contributed by atoms with Crippen LogP contribution in [-0.2, 0) is 9.53 Å². The Labute approximate surface area is 120 Å². The van der Waals surface area contributed by atoms with Crippen molar-refractivity contribution in [3.63, 3.8) is 0 Å². The first kappa shape index (κ1) is 15.1. The Hall–Kier alpha value is -1.26. The molecule has 2 fully saturated rings. The molecule has 3 unspecified atom stereocenters. The van der Waals surface area contributed by atoms with Crippen LogP contribution in [0.4, 0.5) is 4.79 Å². The molecule has 20 heavy (non-hydrogen) atoms. The number of carbonyl (C=O) groups is 2. The average molecular weight is 283 g/mol. The van der Waals surface area contributed by atoms with Crippen molar-refractivity contribution < 1.29 is 19.4 Å². The lowest BCUT2D eigenvalue weighted by Crippen LogP contribution is -2.56. The molecule has 1 saturated carbocycles. The molecule has 0 radical (unpaired) electrons. The zero-order valence-electron chi connectivity index (χ0n) is 12.6. The van der Waals surface area contributed by atoms with Gasteiger partial charge in [0.2, 0.25) is 0 Å². The van der Waals surface area contributed by atoms with E-state index in [4.69, 9.17) is 4.74 Å². The van der Waals surface area contributed by atoms with Crippen LogP contribution in [0.5, 0.6) is 0 Å². The standard InChI is InChI=1S/C15H25NO4/c1-15(2,3)20-14(19)16-9-8-10-6-4-5-7-11(10)12(16)13(17)18/h10-12H,4-9H2,1-3H3,(H,17,18). The van der Waals surface area contributed by atoms with Crippen LogP contribution in [-0.4, -0.2) is 40.3 Å². The van der Waals surface area contributed by atoms with Gasteiger partial charge in [-0.2, -0.15) is 0 Å². The Bertz CT molecular complexity index is 388. The van der Waals surface area contributed by atoms with Gasteiger partial charge in [-0.3, -0.25) is 4.90 Å². The normalized spacial score (nSPS) is 30.6. The van der Waals surface area contributed by atoms with Gasteiger partial charge >= 0.3 is 12.1 Å². The predicted molar refractivity (Wildman–Crippen MR) is 74.4 cm³/mol. The molecule has 2 aliphatic rings. The van der Waals surface area contributed by atoms with Gasteiger partial charge in [0, 0.05) is 6.54 Å². The van der Waals surface area contributed by atoms with Crippen molar-refractivity contribution in [1.29, 1.82) is 0 Å². The molecular weight excluding hydrogens is 258 g/mol. The zero-order valence-corrected chi connectivity index (χ0v) is 12.6. The highest BCUT2D eigenvalue weighted by Crippen LogP contribution is 2.40. The number of fused-ring (bicyclic) bond motifs is 1. The highest BCUT2D eigenvalue weighted by atomic mass is 16.6. The number of likely N-dealkylation sites (tertiary alicyclic amines) is 1. The molecule has 1 saturated heterocycles. The third-order valence-corrected chi connectivity index (χ3v) is 4.33. The molecule has 0 spiro atoms. The fourth-order valence-corrected chi connectivity index (χ4v) is 3.53. The van der Waals surface area contributed by atoms with E-state index in [-0.39, 0.29) is 5.92 Å². The summed E-state index contributed by atoms with van der Waals surface area (Å²) in [5, 5.41) is 9.55. The fraction of sp³-hybridized carbons (Fsp3) is 0.867. The topological polar surface area (TPSA) is 66.8 Å². The Balaban J connectivity index is 2.15. The third-order valence-electron chi connectivity index (χ3n) is 4.33. The van der Waals surface area contributed by atoms with E-state index in [1.807, 2.05) is 0 Å². The highest BCUT2D eigenvalue weighted by Gasteiger charge is 2.45. The number of carboxylic acid groups (broad SMARTS) is 1. The summed E-state index contributed by atoms with van der Waals surface area (Å²) in [5.41, 5.74) is -0.594. The van der Waals surface area contributed by atoms with Gasteiger partial charge in [-0.05, 0) is 45.4 Å². The van der Waals surface area contributed by atoms with Gasteiger partial charge < -0.3 is 9.84 Å². The molecule has 3 atom stereocenters. The molecule has 0 bridgehead atoms. The minimum atomic E-state index is -0.896. The van der Waals surface area contributed by atoms with Crippen LogP contribution in [0.25, 0.3) is 0 Å². The summed E-state index contributed by atoms with van der Waals surface area (Å²) in [6.07, 6.45) is 4.65. The second-order valence-electron chi connectivity index (χ2n) is 6.95. The number of piperidine rings is 1. The number of rotatable bonds is 1. The first-order chi connectivity index (χ1) is 9.29. The summed E-state index contributed by atoms with van der Waals surface area (Å²) in [6, 6.07) is -0.719. The number of hydrogen-bond acceptors (Lipinski definition) is 3. The molecule has 2 rings (SSSR count). The molecule has 114 valence electrons. The van der Waals surface area contributed by atoms with Crippen LogP contribution in [0.1, 0.15) is 52.9 Å². The van der Waals surface area contributed by atoms with E-state index < -0.39 is 23.7 Å². The smallest absolute Gasteiger partial charge is 0.411 e. The maximum Gasteiger partial charge on any atom is 0.411 e. The molecule has 1 aliphatic heterocycles. The summed E-state index contributed by atoms with van der Waals surface area (Å²) in [7, 11) is 0. The van der Waals surface area contributed by atoms with Crippen LogP contribution in [0.2, 0.25) is 0 Å². The number of ether oxygens (including phenoxy) is 1. The maximum absolute atomic E-state index is 12.2. The first-order valence-corrected chi connectivity index (χ1v) is 7.52. The molecule has 1 heterocycles. The summed E-state index contributed by atoms with van der Waals surface area (Å²) >= 11 is 0. The molecule has 0 aromatic heterocycles. The lowest BCUT2D eigenvalue weighted by Gasteiger charge is -2.45. The van der Waals surface area contributed by atoms with Gasteiger partial charge in [0.25, 0.3) is 0 Å². The van der Waals surface area contributed by atoms with Crippen molar-refractivity contribution in [2.75, 3.05) is 6.54 Å². The van der Waals surface area contributed by atoms with Crippen molar-refractivity contribution in [2.24, 2.45) is 11.8 Å². The third kappa shape index (κ3) is 3.25. The van der Waals surface area contributed by atoms with E-state index in [0.29, 0.717) is 12.5 Å². The van der Waals surface area contributed by atoms with Gasteiger partial charge in [-0.1, -0.05) is 19.3 Å². The monoisotopic (exact) mass is 283 g/mol. The molecule has 1 N–H and O–H groups in total. The van der Waals surface area contributed by atoms with Crippen LogP contribution in [0, 0.1) is 11.8 Å². The molecular formula is C15H25NO4. The minimum absolute atomic E-state index is 0.0857. The van der Waals surface area contributed by atoms with Gasteiger partial charge in [0.05, 0.1) is 0 Å². The Morgan fingerprint density at radius 2 is 1.80 bits per heavy atom. The van der Waals surface area contributed by atoms with Gasteiger partial charge in [-0.25, -0.2) is 9.59 Å². The lowest BCUT2D eigenvalue weighted by molar-refractivity contribution is -0.149. The maximum atomic E-state index is 12.2. The van der Waals surface area contributed by atoms with Crippen LogP contribution in [0.3, 0.4) is 0 Å². The van der Waals surface area contributed by atoms with Crippen LogP contribution < -0.4 is 0 Å². The highest BCUT2D eigenvalue weighted by molar-refractivity contribution is 5.81. The lowest BCUT2D eigenvalue weighted by atomic mass is 9.71. The number of nitrogens with zero attached hydrogens (tertiary/aromatic N) is 1.